The van der Waals surface area contributed by atoms with Crippen molar-refractivity contribution in [1.29, 1.82) is 0 Å². The second kappa shape index (κ2) is 4.00. The number of hydrogen-bond donors (Lipinski definition) is 1. The molecule has 3 nitrogen and oxygen atoms in total. The van der Waals surface area contributed by atoms with Crippen LogP contribution in [0.15, 0.2) is 30.5 Å². The van der Waals surface area contributed by atoms with Gasteiger partial charge in [0.15, 0.2) is 0 Å². The van der Waals surface area contributed by atoms with Gasteiger partial charge in [-0.15, -0.1) is 0 Å². The van der Waals surface area contributed by atoms with Gasteiger partial charge in [-0.2, -0.15) is 0 Å². The molecule has 88 valence electrons. The maximum Gasteiger partial charge on any atom is 0.140 e. The zero-order valence-corrected chi connectivity index (χ0v) is 10.1. The molecule has 1 aliphatic carbocycles. The topological polar surface area (TPSA) is 43.8 Å². The van der Waals surface area contributed by atoms with Gasteiger partial charge in [0.05, 0.1) is 5.69 Å². The third-order valence-electron chi connectivity index (χ3n) is 3.32. The molecule has 3 rings (SSSR count). The quantitative estimate of drug-likeness (QED) is 0.876. The van der Waals surface area contributed by atoms with Crippen LogP contribution in [0.3, 0.4) is 0 Å². The minimum absolute atomic E-state index is 0.513. The fraction of sp³-hybridized carbons (Fsp3) is 0.357. The van der Waals surface area contributed by atoms with Crippen LogP contribution in [0, 0.1) is 6.92 Å². The Bertz CT molecular complexity index is 538. The minimum Gasteiger partial charge on any atom is -0.328 e. The van der Waals surface area contributed by atoms with Crippen molar-refractivity contribution in [2.24, 2.45) is 5.73 Å². The van der Waals surface area contributed by atoms with Crippen LogP contribution >= 0.6 is 0 Å². The van der Waals surface area contributed by atoms with E-state index in [1.54, 1.807) is 0 Å². The lowest BCUT2D eigenvalue weighted by molar-refractivity contribution is 0.748. The van der Waals surface area contributed by atoms with E-state index in [1.807, 2.05) is 0 Å². The predicted molar refractivity (Wildman–Crippen MR) is 68.6 cm³/mol. The van der Waals surface area contributed by atoms with Gasteiger partial charge in [0.1, 0.15) is 5.82 Å². The lowest BCUT2D eigenvalue weighted by atomic mass is 10.1. The smallest absolute Gasteiger partial charge is 0.140 e. The Labute approximate surface area is 101 Å². The van der Waals surface area contributed by atoms with Crippen molar-refractivity contribution in [2.75, 3.05) is 0 Å². The molecule has 1 saturated carbocycles. The fourth-order valence-corrected chi connectivity index (χ4v) is 2.20. The van der Waals surface area contributed by atoms with Crippen LogP contribution < -0.4 is 5.73 Å². The summed E-state index contributed by atoms with van der Waals surface area (Å²) in [6.07, 6.45) is 4.64. The van der Waals surface area contributed by atoms with E-state index in [1.165, 1.54) is 24.0 Å². The van der Waals surface area contributed by atoms with E-state index in [0.717, 1.165) is 11.5 Å². The van der Waals surface area contributed by atoms with E-state index >= 15 is 0 Å². The van der Waals surface area contributed by atoms with Gasteiger partial charge in [-0.25, -0.2) is 4.98 Å². The zero-order chi connectivity index (χ0) is 11.8. The van der Waals surface area contributed by atoms with Gasteiger partial charge in [-0.1, -0.05) is 24.3 Å². The summed E-state index contributed by atoms with van der Waals surface area (Å²) in [6, 6.07) is 9.03. The number of nitrogens with two attached hydrogens (primary N) is 1. The molecule has 0 saturated heterocycles. The first kappa shape index (κ1) is 10.5. The summed E-state index contributed by atoms with van der Waals surface area (Å²) in [4.78, 5) is 4.66. The Hall–Kier alpha value is -1.61. The lowest BCUT2D eigenvalue weighted by Gasteiger charge is -2.08. The van der Waals surface area contributed by atoms with Crippen molar-refractivity contribution in [3.05, 3.63) is 41.7 Å². The molecule has 0 radical (unpaired) electrons. The van der Waals surface area contributed by atoms with Gasteiger partial charge >= 0.3 is 0 Å². The third-order valence-corrected chi connectivity index (χ3v) is 3.32. The van der Waals surface area contributed by atoms with Crippen molar-refractivity contribution >= 4 is 0 Å². The van der Waals surface area contributed by atoms with E-state index < -0.39 is 0 Å². The Morgan fingerprint density at radius 2 is 2.12 bits per heavy atom. The molecule has 1 aliphatic rings. The SMILES string of the molecule is Cc1ccccc1-c1nc(CN)cn1C1CC1. The summed E-state index contributed by atoms with van der Waals surface area (Å²) in [5.74, 6) is 1.08. The Kier molecular flexibility index (Phi) is 2.48. The van der Waals surface area contributed by atoms with Crippen molar-refractivity contribution in [3.8, 4) is 11.4 Å². The highest BCUT2D eigenvalue weighted by Gasteiger charge is 2.27. The van der Waals surface area contributed by atoms with Gasteiger partial charge in [0.2, 0.25) is 0 Å². The summed E-state index contributed by atoms with van der Waals surface area (Å²) in [7, 11) is 0. The van der Waals surface area contributed by atoms with Gasteiger partial charge < -0.3 is 10.3 Å². The highest BCUT2D eigenvalue weighted by Crippen LogP contribution is 2.38. The van der Waals surface area contributed by atoms with E-state index in [2.05, 4.69) is 46.9 Å². The Balaban J connectivity index is 2.12. The molecule has 17 heavy (non-hydrogen) atoms. The van der Waals surface area contributed by atoms with E-state index in [4.69, 9.17) is 5.73 Å². The molecule has 0 bridgehead atoms. The first-order valence-electron chi connectivity index (χ1n) is 6.13. The molecular weight excluding hydrogens is 210 g/mol. The monoisotopic (exact) mass is 227 g/mol. The minimum atomic E-state index is 0.513. The number of aryl methyl sites for hydroxylation is 1. The molecule has 0 aliphatic heterocycles. The molecule has 3 heteroatoms. The molecule has 1 aromatic carbocycles. The van der Waals surface area contributed by atoms with Gasteiger partial charge in [0, 0.05) is 24.3 Å². The van der Waals surface area contributed by atoms with Crippen molar-refractivity contribution in [3.63, 3.8) is 0 Å². The van der Waals surface area contributed by atoms with Crippen LogP contribution in [-0.2, 0) is 6.54 Å². The molecule has 2 aromatic rings. The van der Waals surface area contributed by atoms with E-state index in [-0.39, 0.29) is 0 Å². The summed E-state index contributed by atoms with van der Waals surface area (Å²) in [5.41, 5.74) is 9.16. The van der Waals surface area contributed by atoms with Crippen LogP contribution in [0.5, 0.6) is 0 Å². The van der Waals surface area contributed by atoms with E-state index in [9.17, 15) is 0 Å². The average Bonchev–Trinajstić information content (AvgIpc) is 3.10. The summed E-state index contributed by atoms with van der Waals surface area (Å²) >= 11 is 0. The molecule has 1 fully saturated rings. The second-order valence-corrected chi connectivity index (χ2v) is 4.71. The van der Waals surface area contributed by atoms with Gasteiger partial charge in [-0.3, -0.25) is 0 Å². The molecule has 0 unspecified atom stereocenters. The van der Waals surface area contributed by atoms with Crippen molar-refractivity contribution in [2.45, 2.75) is 32.4 Å². The number of aromatic nitrogens is 2. The van der Waals surface area contributed by atoms with Crippen molar-refractivity contribution < 1.29 is 0 Å². The zero-order valence-electron chi connectivity index (χ0n) is 10.1. The van der Waals surface area contributed by atoms with Crippen LogP contribution in [0.4, 0.5) is 0 Å². The largest absolute Gasteiger partial charge is 0.328 e. The van der Waals surface area contributed by atoms with Crippen LogP contribution in [-0.4, -0.2) is 9.55 Å². The molecular formula is C14H17N3. The third kappa shape index (κ3) is 1.87. The molecule has 0 spiro atoms. The summed E-state index contributed by atoms with van der Waals surface area (Å²) < 4.78 is 2.30. The molecule has 1 heterocycles. The number of nitrogens with zero attached hydrogens (tertiary/aromatic N) is 2. The number of hydrogen-bond acceptors (Lipinski definition) is 2. The maximum atomic E-state index is 5.69. The van der Waals surface area contributed by atoms with Crippen molar-refractivity contribution in [1.82, 2.24) is 9.55 Å². The Morgan fingerprint density at radius 3 is 2.76 bits per heavy atom. The normalized spacial score (nSPS) is 15.2. The molecule has 1 aromatic heterocycles. The first-order chi connectivity index (χ1) is 8.29. The molecule has 0 atom stereocenters. The summed E-state index contributed by atoms with van der Waals surface area (Å²) in [5, 5.41) is 0. The predicted octanol–water partition coefficient (Wildman–Crippen LogP) is 2.65. The standard InChI is InChI=1S/C14H17N3/c1-10-4-2-3-5-13(10)14-16-11(8-15)9-17(14)12-6-7-12/h2-5,9,12H,6-8,15H2,1H3. The first-order valence-corrected chi connectivity index (χ1v) is 6.13. The van der Waals surface area contributed by atoms with Crippen LogP contribution in [0.25, 0.3) is 11.4 Å². The molecule has 0 amide bonds. The van der Waals surface area contributed by atoms with Crippen LogP contribution in [0.2, 0.25) is 0 Å². The highest BCUT2D eigenvalue weighted by molar-refractivity contribution is 5.61. The second-order valence-electron chi connectivity index (χ2n) is 4.71. The number of benzene rings is 1. The van der Waals surface area contributed by atoms with E-state index in [0.29, 0.717) is 12.6 Å². The Morgan fingerprint density at radius 1 is 1.35 bits per heavy atom. The number of imidazole rings is 1. The summed E-state index contributed by atoms with van der Waals surface area (Å²) in [6.45, 7) is 2.64. The lowest BCUT2D eigenvalue weighted by Crippen LogP contribution is -1.97. The maximum absolute atomic E-state index is 5.69. The number of rotatable bonds is 3. The van der Waals surface area contributed by atoms with Gasteiger partial charge in [0.25, 0.3) is 0 Å². The average molecular weight is 227 g/mol. The fourth-order valence-electron chi connectivity index (χ4n) is 2.20. The highest BCUT2D eigenvalue weighted by atomic mass is 15.1. The molecule has 2 N–H and O–H groups in total. The van der Waals surface area contributed by atoms with Gasteiger partial charge in [-0.05, 0) is 25.3 Å². The van der Waals surface area contributed by atoms with Crippen LogP contribution in [0.1, 0.15) is 30.1 Å².